The Morgan fingerprint density at radius 2 is 2.04 bits per heavy atom. The van der Waals surface area contributed by atoms with Crippen LogP contribution in [0.5, 0.6) is 0 Å². The second-order valence-corrected chi connectivity index (χ2v) is 7.16. The Morgan fingerprint density at radius 3 is 2.77 bits per heavy atom. The molecule has 3 rings (SSSR count). The van der Waals surface area contributed by atoms with Crippen LogP contribution >= 0.6 is 11.3 Å². The highest BCUT2D eigenvalue weighted by Crippen LogP contribution is 2.26. The summed E-state index contributed by atoms with van der Waals surface area (Å²) in [4.78, 5) is 26.6. The SMILES string of the molecule is COC(=O)c1sccc1NC(=O)CN1CC(C)OC(c2ccccc2)C1. The van der Waals surface area contributed by atoms with E-state index in [1.54, 1.807) is 11.4 Å². The Morgan fingerprint density at radius 1 is 1.27 bits per heavy atom. The van der Waals surface area contributed by atoms with E-state index in [-0.39, 0.29) is 24.7 Å². The molecule has 7 heteroatoms. The van der Waals surface area contributed by atoms with Gasteiger partial charge in [0.2, 0.25) is 5.91 Å². The number of carbonyl (C=O) groups is 2. The average Bonchev–Trinajstić information content (AvgIpc) is 3.09. The molecule has 1 aliphatic rings. The van der Waals surface area contributed by atoms with Gasteiger partial charge >= 0.3 is 5.97 Å². The number of carbonyl (C=O) groups excluding carboxylic acids is 2. The minimum absolute atomic E-state index is 0.0357. The fourth-order valence-corrected chi connectivity index (χ4v) is 3.84. The van der Waals surface area contributed by atoms with Crippen LogP contribution in [0.4, 0.5) is 5.69 Å². The highest BCUT2D eigenvalue weighted by molar-refractivity contribution is 7.12. The number of thiophene rings is 1. The molecule has 138 valence electrons. The Balaban J connectivity index is 1.62. The number of ether oxygens (including phenoxy) is 2. The van der Waals surface area contributed by atoms with E-state index in [0.29, 0.717) is 23.7 Å². The monoisotopic (exact) mass is 374 g/mol. The Labute approximate surface area is 156 Å². The quantitative estimate of drug-likeness (QED) is 0.815. The van der Waals surface area contributed by atoms with Crippen LogP contribution in [-0.2, 0) is 14.3 Å². The highest BCUT2D eigenvalue weighted by atomic mass is 32.1. The van der Waals surface area contributed by atoms with Gasteiger partial charge in [0.1, 0.15) is 4.88 Å². The van der Waals surface area contributed by atoms with Crippen molar-refractivity contribution in [2.75, 3.05) is 32.1 Å². The van der Waals surface area contributed by atoms with Gasteiger partial charge in [-0.25, -0.2) is 4.79 Å². The third-order valence-corrected chi connectivity index (χ3v) is 5.08. The Hall–Kier alpha value is -2.22. The summed E-state index contributed by atoms with van der Waals surface area (Å²) in [6, 6.07) is 11.7. The van der Waals surface area contributed by atoms with E-state index in [0.717, 1.165) is 5.56 Å². The lowest BCUT2D eigenvalue weighted by atomic mass is 10.1. The maximum absolute atomic E-state index is 12.5. The van der Waals surface area contributed by atoms with E-state index in [1.165, 1.54) is 18.4 Å². The van der Waals surface area contributed by atoms with Crippen molar-refractivity contribution in [2.45, 2.75) is 19.1 Å². The highest BCUT2D eigenvalue weighted by Gasteiger charge is 2.28. The van der Waals surface area contributed by atoms with Gasteiger partial charge in [0.25, 0.3) is 0 Å². The van der Waals surface area contributed by atoms with E-state index >= 15 is 0 Å². The van der Waals surface area contributed by atoms with Crippen molar-refractivity contribution in [3.05, 3.63) is 52.2 Å². The van der Waals surface area contributed by atoms with Gasteiger partial charge in [-0.2, -0.15) is 0 Å². The third-order valence-electron chi connectivity index (χ3n) is 4.18. The largest absolute Gasteiger partial charge is 0.465 e. The van der Waals surface area contributed by atoms with Crippen molar-refractivity contribution in [1.82, 2.24) is 4.90 Å². The standard InChI is InChI=1S/C19H22N2O4S/c1-13-10-21(11-16(25-13)14-6-4-3-5-7-14)12-17(22)20-15-8-9-26-18(15)19(23)24-2/h3-9,13,16H,10-12H2,1-2H3,(H,20,22). The number of nitrogens with one attached hydrogen (secondary N) is 1. The summed E-state index contributed by atoms with van der Waals surface area (Å²) < 4.78 is 10.8. The minimum Gasteiger partial charge on any atom is -0.465 e. The summed E-state index contributed by atoms with van der Waals surface area (Å²) >= 11 is 1.25. The number of esters is 1. The van der Waals surface area contributed by atoms with Gasteiger partial charge < -0.3 is 14.8 Å². The molecular weight excluding hydrogens is 352 g/mol. The molecule has 1 aliphatic heterocycles. The first-order valence-corrected chi connectivity index (χ1v) is 9.33. The van der Waals surface area contributed by atoms with Gasteiger partial charge in [-0.1, -0.05) is 30.3 Å². The van der Waals surface area contributed by atoms with Crippen LogP contribution < -0.4 is 5.32 Å². The molecule has 2 aromatic rings. The summed E-state index contributed by atoms with van der Waals surface area (Å²) in [5.74, 6) is -0.603. The van der Waals surface area contributed by atoms with Crippen LogP contribution in [0.15, 0.2) is 41.8 Å². The summed E-state index contributed by atoms with van der Waals surface area (Å²) in [5.41, 5.74) is 1.60. The van der Waals surface area contributed by atoms with Gasteiger partial charge in [0.05, 0.1) is 31.5 Å². The number of rotatable bonds is 5. The van der Waals surface area contributed by atoms with Crippen LogP contribution in [0.1, 0.15) is 28.3 Å². The zero-order valence-corrected chi connectivity index (χ0v) is 15.6. The molecular formula is C19H22N2O4S. The molecule has 1 aromatic carbocycles. The minimum atomic E-state index is -0.445. The van der Waals surface area contributed by atoms with E-state index in [9.17, 15) is 9.59 Å². The molecule has 26 heavy (non-hydrogen) atoms. The van der Waals surface area contributed by atoms with Crippen LogP contribution in [0.3, 0.4) is 0 Å². The van der Waals surface area contributed by atoms with Crippen molar-refractivity contribution >= 4 is 28.9 Å². The van der Waals surface area contributed by atoms with Crippen molar-refractivity contribution in [1.29, 1.82) is 0 Å². The molecule has 0 radical (unpaired) electrons. The van der Waals surface area contributed by atoms with Crippen molar-refractivity contribution in [2.24, 2.45) is 0 Å². The molecule has 1 saturated heterocycles. The fourth-order valence-electron chi connectivity index (χ4n) is 3.07. The first kappa shape index (κ1) is 18.6. The lowest BCUT2D eigenvalue weighted by molar-refractivity contribution is -0.122. The maximum atomic E-state index is 12.5. The first-order chi connectivity index (χ1) is 12.6. The smallest absolute Gasteiger partial charge is 0.350 e. The van der Waals surface area contributed by atoms with Crippen LogP contribution in [0.2, 0.25) is 0 Å². The van der Waals surface area contributed by atoms with Gasteiger partial charge in [0.15, 0.2) is 0 Å². The molecule has 1 amide bonds. The van der Waals surface area contributed by atoms with Gasteiger partial charge in [0, 0.05) is 13.1 Å². The number of hydrogen-bond acceptors (Lipinski definition) is 6. The Kier molecular flexibility index (Phi) is 6.03. The maximum Gasteiger partial charge on any atom is 0.350 e. The third kappa shape index (κ3) is 4.49. The van der Waals surface area contributed by atoms with Crippen LogP contribution in [0, 0.1) is 0 Å². The molecule has 6 nitrogen and oxygen atoms in total. The lowest BCUT2D eigenvalue weighted by Crippen LogP contribution is -2.46. The molecule has 2 heterocycles. The first-order valence-electron chi connectivity index (χ1n) is 8.45. The summed E-state index contributed by atoms with van der Waals surface area (Å²) in [5, 5.41) is 4.56. The molecule has 0 bridgehead atoms. The molecule has 1 aromatic heterocycles. The average molecular weight is 374 g/mol. The zero-order valence-electron chi connectivity index (χ0n) is 14.8. The van der Waals surface area contributed by atoms with Crippen molar-refractivity contribution < 1.29 is 19.1 Å². The number of nitrogens with zero attached hydrogens (tertiary/aromatic N) is 1. The summed E-state index contributed by atoms with van der Waals surface area (Å²) in [6.07, 6.45) is -0.0203. The van der Waals surface area contributed by atoms with Crippen molar-refractivity contribution in [3.63, 3.8) is 0 Å². The van der Waals surface area contributed by atoms with Crippen LogP contribution in [-0.4, -0.2) is 49.6 Å². The second-order valence-electron chi connectivity index (χ2n) is 6.24. The zero-order chi connectivity index (χ0) is 18.5. The van der Waals surface area contributed by atoms with Crippen LogP contribution in [0.25, 0.3) is 0 Å². The molecule has 2 unspecified atom stereocenters. The van der Waals surface area contributed by atoms with E-state index in [2.05, 4.69) is 10.2 Å². The molecule has 0 aliphatic carbocycles. The normalized spacial score (nSPS) is 20.5. The number of hydrogen-bond donors (Lipinski definition) is 1. The van der Waals surface area contributed by atoms with E-state index < -0.39 is 5.97 Å². The Bertz CT molecular complexity index is 762. The lowest BCUT2D eigenvalue weighted by Gasteiger charge is -2.36. The predicted molar refractivity (Wildman–Crippen MR) is 100 cm³/mol. The van der Waals surface area contributed by atoms with E-state index in [1.807, 2.05) is 37.3 Å². The summed E-state index contributed by atoms with van der Waals surface area (Å²) in [6.45, 7) is 3.58. The molecule has 2 atom stereocenters. The predicted octanol–water partition coefficient (Wildman–Crippen LogP) is 2.94. The molecule has 1 N–H and O–H groups in total. The van der Waals surface area contributed by atoms with Crippen molar-refractivity contribution in [3.8, 4) is 0 Å². The summed E-state index contributed by atoms with van der Waals surface area (Å²) in [7, 11) is 1.33. The number of anilines is 1. The van der Waals surface area contributed by atoms with Gasteiger partial charge in [-0.15, -0.1) is 11.3 Å². The number of amides is 1. The fraction of sp³-hybridized carbons (Fsp3) is 0.368. The van der Waals surface area contributed by atoms with Gasteiger partial charge in [-0.05, 0) is 23.9 Å². The van der Waals surface area contributed by atoms with E-state index in [4.69, 9.17) is 9.47 Å². The number of benzene rings is 1. The van der Waals surface area contributed by atoms with Gasteiger partial charge in [-0.3, -0.25) is 9.69 Å². The number of methoxy groups -OCH3 is 1. The number of morpholine rings is 1. The molecule has 1 fully saturated rings. The molecule has 0 spiro atoms. The molecule has 0 saturated carbocycles. The topological polar surface area (TPSA) is 67.9 Å². The second kappa shape index (κ2) is 8.44.